The zero-order valence-corrected chi connectivity index (χ0v) is 16.1. The van der Waals surface area contributed by atoms with Crippen LogP contribution in [0, 0.1) is 0 Å². The molecule has 0 aromatic heterocycles. The van der Waals surface area contributed by atoms with Crippen molar-refractivity contribution < 1.29 is 14.3 Å². The van der Waals surface area contributed by atoms with Crippen molar-refractivity contribution >= 4 is 11.9 Å². The normalized spacial score (nSPS) is 23.0. The number of carbonyl (C=O) groups is 2. The van der Waals surface area contributed by atoms with E-state index in [1.54, 1.807) is 6.92 Å². The summed E-state index contributed by atoms with van der Waals surface area (Å²) in [6.45, 7) is 5.78. The molecule has 1 aliphatic carbocycles. The maximum Gasteiger partial charge on any atom is 0.335 e. The van der Waals surface area contributed by atoms with E-state index in [-0.39, 0.29) is 11.9 Å². The molecule has 2 fully saturated rings. The topological polar surface area (TPSA) is 49.9 Å². The summed E-state index contributed by atoms with van der Waals surface area (Å²) in [6, 6.07) is 10.4. The molecule has 1 saturated heterocycles. The molecule has 0 unspecified atom stereocenters. The fourth-order valence-corrected chi connectivity index (χ4v) is 4.69. The van der Waals surface area contributed by atoms with Crippen molar-refractivity contribution in [1.29, 1.82) is 0 Å². The average Bonchev–Trinajstić information content (AvgIpc) is 2.92. The minimum absolute atomic E-state index is 0.0135. The van der Waals surface area contributed by atoms with E-state index in [1.807, 2.05) is 11.0 Å². The summed E-state index contributed by atoms with van der Waals surface area (Å²) in [7, 11) is 0. The first kappa shape index (κ1) is 18.2. The second-order valence-corrected chi connectivity index (χ2v) is 8.00. The van der Waals surface area contributed by atoms with Gasteiger partial charge in [-0.1, -0.05) is 36.8 Å². The van der Waals surface area contributed by atoms with Gasteiger partial charge in [-0.05, 0) is 38.2 Å². The van der Waals surface area contributed by atoms with Crippen LogP contribution in [0.2, 0.25) is 0 Å². The third-order valence-electron chi connectivity index (χ3n) is 6.21. The quantitative estimate of drug-likeness (QED) is 0.770. The van der Waals surface area contributed by atoms with Crippen molar-refractivity contribution in [3.8, 4) is 0 Å². The number of amides is 1. The zero-order valence-electron chi connectivity index (χ0n) is 16.1. The molecule has 144 valence electrons. The van der Waals surface area contributed by atoms with Crippen molar-refractivity contribution in [1.82, 2.24) is 9.80 Å². The van der Waals surface area contributed by atoms with Crippen LogP contribution in [0.4, 0.5) is 0 Å². The molecule has 4 rings (SSSR count). The predicted molar refractivity (Wildman–Crippen MR) is 103 cm³/mol. The first-order valence-electron chi connectivity index (χ1n) is 10.1. The van der Waals surface area contributed by atoms with Gasteiger partial charge >= 0.3 is 5.97 Å². The molecular weight excluding hydrogens is 340 g/mol. The molecule has 1 spiro atoms. The molecular formula is C22H28N2O3. The van der Waals surface area contributed by atoms with E-state index in [0.29, 0.717) is 24.2 Å². The van der Waals surface area contributed by atoms with E-state index in [9.17, 15) is 9.59 Å². The molecule has 0 radical (unpaired) electrons. The predicted octanol–water partition coefficient (Wildman–Crippen LogP) is 2.91. The van der Waals surface area contributed by atoms with E-state index in [0.717, 1.165) is 51.7 Å². The van der Waals surface area contributed by atoms with Gasteiger partial charge in [0.2, 0.25) is 0 Å². The Morgan fingerprint density at radius 3 is 2.37 bits per heavy atom. The smallest absolute Gasteiger partial charge is 0.335 e. The lowest BCUT2D eigenvalue weighted by molar-refractivity contribution is -0.150. The van der Waals surface area contributed by atoms with Gasteiger partial charge in [0.1, 0.15) is 5.60 Å². The molecule has 5 nitrogen and oxygen atoms in total. The van der Waals surface area contributed by atoms with Crippen LogP contribution in [0.25, 0.3) is 0 Å². The highest BCUT2D eigenvalue weighted by Crippen LogP contribution is 2.44. The van der Waals surface area contributed by atoms with Gasteiger partial charge < -0.3 is 9.64 Å². The molecule has 2 aliphatic heterocycles. The molecule has 5 heteroatoms. The van der Waals surface area contributed by atoms with E-state index in [4.69, 9.17) is 4.74 Å². The molecule has 0 N–H and O–H groups in total. The van der Waals surface area contributed by atoms with Crippen molar-refractivity contribution in [2.45, 2.75) is 51.2 Å². The van der Waals surface area contributed by atoms with Gasteiger partial charge in [-0.25, -0.2) is 4.79 Å². The lowest BCUT2D eigenvalue weighted by Crippen LogP contribution is -2.51. The van der Waals surface area contributed by atoms with Crippen LogP contribution < -0.4 is 0 Å². The minimum atomic E-state index is -0.655. The molecule has 2 heterocycles. The maximum atomic E-state index is 13.3. The summed E-state index contributed by atoms with van der Waals surface area (Å²) in [5, 5.41) is 0. The molecule has 1 amide bonds. The number of carbonyl (C=O) groups excluding carboxylic acids is 2. The van der Waals surface area contributed by atoms with Crippen LogP contribution >= 0.6 is 0 Å². The second kappa shape index (κ2) is 7.47. The van der Waals surface area contributed by atoms with Crippen molar-refractivity contribution in [3.63, 3.8) is 0 Å². The summed E-state index contributed by atoms with van der Waals surface area (Å²) >= 11 is 0. The highest BCUT2D eigenvalue weighted by atomic mass is 16.6. The molecule has 0 bridgehead atoms. The van der Waals surface area contributed by atoms with E-state index in [1.165, 1.54) is 5.56 Å². The summed E-state index contributed by atoms with van der Waals surface area (Å²) in [5.74, 6) is -0.289. The molecule has 1 aromatic carbocycles. The van der Waals surface area contributed by atoms with Crippen LogP contribution in [0.3, 0.4) is 0 Å². The second-order valence-electron chi connectivity index (χ2n) is 8.00. The number of hydrogen-bond donors (Lipinski definition) is 0. The fourth-order valence-electron chi connectivity index (χ4n) is 4.69. The summed E-state index contributed by atoms with van der Waals surface area (Å²) in [6.07, 6.45) is 4.75. The van der Waals surface area contributed by atoms with Gasteiger partial charge in [-0.3, -0.25) is 9.69 Å². The number of esters is 1. The van der Waals surface area contributed by atoms with E-state index >= 15 is 0 Å². The minimum Gasteiger partial charge on any atom is -0.451 e. The number of benzene rings is 1. The molecule has 1 saturated carbocycles. The van der Waals surface area contributed by atoms with Gasteiger partial charge in [-0.2, -0.15) is 0 Å². The monoisotopic (exact) mass is 368 g/mol. The first-order valence-corrected chi connectivity index (χ1v) is 10.1. The Balaban J connectivity index is 1.43. The largest absolute Gasteiger partial charge is 0.451 e. The van der Waals surface area contributed by atoms with E-state index < -0.39 is 5.60 Å². The Hall–Kier alpha value is -2.14. The van der Waals surface area contributed by atoms with Crippen LogP contribution in [0.5, 0.6) is 0 Å². The molecule has 0 atom stereocenters. The highest BCUT2D eigenvalue weighted by Gasteiger charge is 2.50. The highest BCUT2D eigenvalue weighted by molar-refractivity contribution is 6.07. The van der Waals surface area contributed by atoms with Crippen LogP contribution in [-0.2, 0) is 20.9 Å². The number of piperazine rings is 1. The summed E-state index contributed by atoms with van der Waals surface area (Å²) in [5.41, 5.74) is 1.81. The maximum absolute atomic E-state index is 13.3. The van der Waals surface area contributed by atoms with Crippen molar-refractivity contribution in [2.75, 3.05) is 26.2 Å². The van der Waals surface area contributed by atoms with Crippen molar-refractivity contribution in [2.24, 2.45) is 0 Å². The van der Waals surface area contributed by atoms with Crippen LogP contribution in [-0.4, -0.2) is 53.5 Å². The molecule has 3 aliphatic rings. The number of hydrogen-bond acceptors (Lipinski definition) is 4. The SMILES string of the molecule is CC1=C(C(=O)N2CCN(Cc3ccccc3)CC2)C2(CCCCC2)OC1=O. The van der Waals surface area contributed by atoms with E-state index in [2.05, 4.69) is 29.2 Å². The van der Waals surface area contributed by atoms with Gasteiger partial charge in [0.25, 0.3) is 5.91 Å². The number of nitrogens with zero attached hydrogens (tertiary/aromatic N) is 2. The van der Waals surface area contributed by atoms with Gasteiger partial charge in [0.05, 0.1) is 5.57 Å². The average molecular weight is 368 g/mol. The standard InChI is InChI=1S/C22H28N2O3/c1-17-19(22(27-21(17)26)10-6-3-7-11-22)20(25)24-14-12-23(13-15-24)16-18-8-4-2-5-9-18/h2,4-5,8-9H,3,6-7,10-16H2,1H3. The zero-order chi connectivity index (χ0) is 18.9. The Kier molecular flexibility index (Phi) is 5.04. The van der Waals surface area contributed by atoms with Crippen LogP contribution in [0.15, 0.2) is 41.5 Å². The Morgan fingerprint density at radius 1 is 1.04 bits per heavy atom. The lowest BCUT2D eigenvalue weighted by Gasteiger charge is -2.39. The number of ether oxygens (including phenoxy) is 1. The van der Waals surface area contributed by atoms with Gasteiger partial charge in [0, 0.05) is 38.3 Å². The van der Waals surface area contributed by atoms with Crippen molar-refractivity contribution in [3.05, 3.63) is 47.0 Å². The third kappa shape index (κ3) is 3.53. The molecule has 27 heavy (non-hydrogen) atoms. The summed E-state index contributed by atoms with van der Waals surface area (Å²) in [4.78, 5) is 29.9. The molecule has 1 aromatic rings. The van der Waals surface area contributed by atoms with Crippen LogP contribution in [0.1, 0.15) is 44.6 Å². The Bertz CT molecular complexity index is 742. The number of rotatable bonds is 3. The van der Waals surface area contributed by atoms with Gasteiger partial charge in [-0.15, -0.1) is 0 Å². The van der Waals surface area contributed by atoms with Gasteiger partial charge in [0.15, 0.2) is 0 Å². The Labute approximate surface area is 161 Å². The fraction of sp³-hybridized carbons (Fsp3) is 0.545. The summed E-state index contributed by atoms with van der Waals surface area (Å²) < 4.78 is 5.76. The third-order valence-corrected chi connectivity index (χ3v) is 6.21. The first-order chi connectivity index (χ1) is 13.1. The Morgan fingerprint density at radius 2 is 1.70 bits per heavy atom. The lowest BCUT2D eigenvalue weighted by atomic mass is 9.78.